The standard InChI is InChI=1S/C12H13N.2C11H11FN2.3C11H12N2.C8H10FN.C8H11N/c1-9(2)11-7-3-5-10-6-4-8-13-12(10)11;1-7(2)9-5-8(12)6-10-11(9)14-4-3-13-10;1-7(2)9-3-4-13-10-5-8(12)6-14-11(9)10;1-8(2)10-4-3-9-7-12-6-5-11(9)13-10;1-8(2)9-5-7-12-10-4-3-6-13-11(9)10;1-8(2)9-4-3-5-10-11(9)13-7-6-12-10;1-6(2)8-4-3-7(9)5-10-8;1-7(2)8-5-3-4-6-9-8/h3-9H,1-2H3;2*3-7H,1-2H3;3*3-8H,1-2H3;3-6H,1-2H3;3-7H,1-2H3. The molecule has 0 saturated heterocycles. The number of benzene rings is 3. The van der Waals surface area contributed by atoms with Crippen molar-refractivity contribution in [3.05, 3.63) is 282 Å². The van der Waals surface area contributed by atoms with Crippen LogP contribution in [-0.4, -0.2) is 64.8 Å². The lowest BCUT2D eigenvalue weighted by Crippen LogP contribution is -1.94. The number of rotatable bonds is 8. The predicted octanol–water partition coefficient (Wildman–Crippen LogP) is 22.0. The van der Waals surface area contributed by atoms with Crippen molar-refractivity contribution in [2.24, 2.45) is 0 Å². The maximum Gasteiger partial charge on any atom is 0.143 e. The third-order valence-corrected chi connectivity index (χ3v) is 15.7. The molecule has 0 atom stereocenters. The zero-order valence-electron chi connectivity index (χ0n) is 59.9. The van der Waals surface area contributed by atoms with Crippen LogP contribution in [0.25, 0.3) is 65.9 Å². The van der Waals surface area contributed by atoms with Crippen LogP contribution in [0.2, 0.25) is 0 Å². The molecule has 0 radical (unpaired) electrons. The van der Waals surface area contributed by atoms with Crippen molar-refractivity contribution in [3.8, 4) is 0 Å². The average molecular weight is 1330 g/mol. The van der Waals surface area contributed by atoms with Crippen LogP contribution in [0.5, 0.6) is 0 Å². The topological polar surface area (TPSA) is 168 Å². The molecule has 0 bridgehead atoms. The highest BCUT2D eigenvalue weighted by molar-refractivity contribution is 5.83. The largest absolute Gasteiger partial charge is 0.264 e. The van der Waals surface area contributed by atoms with Gasteiger partial charge >= 0.3 is 0 Å². The van der Waals surface area contributed by atoms with E-state index in [4.69, 9.17) is 0 Å². The fourth-order valence-corrected chi connectivity index (χ4v) is 10.3. The second-order valence-electron chi connectivity index (χ2n) is 26.0. The minimum atomic E-state index is -0.342. The molecule has 11 heterocycles. The van der Waals surface area contributed by atoms with Crippen molar-refractivity contribution < 1.29 is 13.2 Å². The molecule has 0 aliphatic heterocycles. The third-order valence-electron chi connectivity index (χ3n) is 15.7. The van der Waals surface area contributed by atoms with E-state index in [0.717, 1.165) is 77.7 Å². The lowest BCUT2D eigenvalue weighted by Gasteiger charge is -2.08. The fraction of sp³-hybridized carbons (Fsp3) is 0.289. The van der Waals surface area contributed by atoms with E-state index in [9.17, 15) is 13.2 Å². The summed E-state index contributed by atoms with van der Waals surface area (Å²) < 4.78 is 38.3. The summed E-state index contributed by atoms with van der Waals surface area (Å²) in [6.07, 6.45) is 21.8. The second-order valence-corrected chi connectivity index (χ2v) is 26.0. The lowest BCUT2D eigenvalue weighted by atomic mass is 10.00. The first kappa shape index (κ1) is 75.9. The van der Waals surface area contributed by atoms with Crippen molar-refractivity contribution >= 4 is 65.9 Å². The molecule has 11 aromatic heterocycles. The summed E-state index contributed by atoms with van der Waals surface area (Å²) >= 11 is 0. The quantitative estimate of drug-likeness (QED) is 0.141. The van der Waals surface area contributed by atoms with Gasteiger partial charge in [0.1, 0.15) is 17.5 Å². The summed E-state index contributed by atoms with van der Waals surface area (Å²) in [5.41, 5.74) is 18.1. The Bertz CT molecular complexity index is 4540. The molecular weight excluding hydrogens is 1240 g/mol. The van der Waals surface area contributed by atoms with Crippen LogP contribution in [-0.2, 0) is 0 Å². The molecule has 0 saturated carbocycles. The number of aromatic nitrogens is 13. The molecule has 0 unspecified atom stereocenters. The highest BCUT2D eigenvalue weighted by atomic mass is 19.1. The average Bonchev–Trinajstić information content (AvgIpc) is 0.862. The van der Waals surface area contributed by atoms with Gasteiger partial charge in [-0.15, -0.1) is 0 Å². The molecule has 0 N–H and O–H groups in total. The lowest BCUT2D eigenvalue weighted by molar-refractivity contribution is 0.617. The first-order valence-corrected chi connectivity index (χ1v) is 33.8. The van der Waals surface area contributed by atoms with Crippen LogP contribution >= 0.6 is 0 Å². The first-order chi connectivity index (χ1) is 47.5. The Balaban J connectivity index is 0.000000160. The molecule has 13 nitrogen and oxygen atoms in total. The summed E-state index contributed by atoms with van der Waals surface area (Å²) in [4.78, 5) is 54.7. The van der Waals surface area contributed by atoms with Gasteiger partial charge in [0.2, 0.25) is 0 Å². The van der Waals surface area contributed by atoms with Crippen molar-refractivity contribution in [2.75, 3.05) is 0 Å². The van der Waals surface area contributed by atoms with Crippen molar-refractivity contribution in [1.29, 1.82) is 0 Å². The third kappa shape index (κ3) is 22.5. The van der Waals surface area contributed by atoms with Crippen molar-refractivity contribution in [1.82, 2.24) is 64.8 Å². The van der Waals surface area contributed by atoms with E-state index in [2.05, 4.69) is 190 Å². The van der Waals surface area contributed by atoms with Gasteiger partial charge in [-0.05, 0) is 160 Å². The number of para-hydroxylation sites is 2. The summed E-state index contributed by atoms with van der Waals surface area (Å²) in [6, 6.07) is 44.0. The van der Waals surface area contributed by atoms with Crippen LogP contribution in [0, 0.1) is 17.5 Å². The summed E-state index contributed by atoms with van der Waals surface area (Å²) in [5, 5.41) is 2.33. The molecule has 0 spiro atoms. The van der Waals surface area contributed by atoms with Crippen LogP contribution in [0.1, 0.15) is 203 Å². The highest BCUT2D eigenvalue weighted by Crippen LogP contribution is 2.27. The molecule has 510 valence electrons. The van der Waals surface area contributed by atoms with Crippen LogP contribution in [0.15, 0.2) is 220 Å². The summed E-state index contributed by atoms with van der Waals surface area (Å²) in [7, 11) is 0. The van der Waals surface area contributed by atoms with E-state index < -0.39 is 0 Å². The Morgan fingerprint density at radius 3 is 1.24 bits per heavy atom. The Morgan fingerprint density at radius 2 is 0.677 bits per heavy atom. The zero-order valence-corrected chi connectivity index (χ0v) is 59.9. The zero-order chi connectivity index (χ0) is 71.5. The van der Waals surface area contributed by atoms with Gasteiger partial charge in [0.25, 0.3) is 0 Å². The normalized spacial score (nSPS) is 10.9. The Kier molecular flexibility index (Phi) is 29.0. The minimum absolute atomic E-state index is 0.248. The first-order valence-electron chi connectivity index (χ1n) is 33.8. The van der Waals surface area contributed by atoms with Crippen LogP contribution < -0.4 is 0 Å². The van der Waals surface area contributed by atoms with E-state index in [1.54, 1.807) is 43.2 Å². The Labute approximate surface area is 581 Å². The van der Waals surface area contributed by atoms with Crippen molar-refractivity contribution in [3.63, 3.8) is 0 Å². The SMILES string of the molecule is CC(C)c1cc(F)cc2nccnc12.CC(C)c1ccc(F)cn1.CC(C)c1ccc2cnccc2n1.CC(C)c1cccc2cccnc12.CC(C)c1cccc2nccnc12.CC(C)c1ccccn1.CC(C)c1ccnc2cc(F)cnc12.CC(C)c1ccnc2cccnc12. The van der Waals surface area contributed by atoms with Gasteiger partial charge in [-0.25, -0.2) is 13.2 Å². The van der Waals surface area contributed by atoms with E-state index in [1.165, 1.54) is 58.7 Å². The molecule has 14 rings (SSSR count). The number of hydrogen-bond acceptors (Lipinski definition) is 13. The van der Waals surface area contributed by atoms with E-state index in [0.29, 0.717) is 52.5 Å². The Morgan fingerprint density at radius 1 is 0.232 bits per heavy atom. The fourth-order valence-electron chi connectivity index (χ4n) is 10.3. The van der Waals surface area contributed by atoms with Gasteiger partial charge in [0.05, 0.1) is 67.6 Å². The molecular formula is C83H92F3N13. The maximum atomic E-state index is 13.2. The van der Waals surface area contributed by atoms with Crippen molar-refractivity contribution in [2.45, 2.75) is 158 Å². The van der Waals surface area contributed by atoms with Gasteiger partial charge < -0.3 is 0 Å². The molecule has 3 aromatic carbocycles. The molecule has 0 aliphatic carbocycles. The molecule has 14 aromatic rings. The summed E-state index contributed by atoms with van der Waals surface area (Å²) in [6.45, 7) is 33.9. The van der Waals surface area contributed by atoms with Gasteiger partial charge in [-0.1, -0.05) is 153 Å². The molecule has 0 amide bonds. The second kappa shape index (κ2) is 37.9. The number of nitrogens with zero attached hydrogens (tertiary/aromatic N) is 13. The smallest absolute Gasteiger partial charge is 0.143 e. The van der Waals surface area contributed by atoms with E-state index in [-0.39, 0.29) is 23.4 Å². The highest BCUT2D eigenvalue weighted by Gasteiger charge is 2.12. The predicted molar refractivity (Wildman–Crippen MR) is 400 cm³/mol. The van der Waals surface area contributed by atoms with Gasteiger partial charge in [0.15, 0.2) is 0 Å². The number of fused-ring (bicyclic) bond motifs is 6. The van der Waals surface area contributed by atoms with Crippen LogP contribution in [0.3, 0.4) is 0 Å². The minimum Gasteiger partial charge on any atom is -0.264 e. The molecule has 0 fully saturated rings. The molecule has 0 aliphatic rings. The van der Waals surface area contributed by atoms with Gasteiger partial charge in [-0.2, -0.15) is 0 Å². The number of pyridine rings is 9. The monoisotopic (exact) mass is 1330 g/mol. The van der Waals surface area contributed by atoms with Gasteiger partial charge in [-0.3, -0.25) is 64.8 Å². The molecule has 99 heavy (non-hydrogen) atoms. The van der Waals surface area contributed by atoms with E-state index >= 15 is 0 Å². The number of halogens is 3. The molecule has 16 heteroatoms. The number of hydrogen-bond donors (Lipinski definition) is 0. The van der Waals surface area contributed by atoms with E-state index in [1.807, 2.05) is 125 Å². The maximum absolute atomic E-state index is 13.2. The van der Waals surface area contributed by atoms with Gasteiger partial charge in [0, 0.05) is 108 Å². The summed E-state index contributed by atoms with van der Waals surface area (Å²) in [5.74, 6) is 2.71. The Hall–Kier alpha value is -10.5. The van der Waals surface area contributed by atoms with Crippen LogP contribution in [0.4, 0.5) is 13.2 Å².